The van der Waals surface area contributed by atoms with E-state index < -0.39 is 33.1 Å². The molecule has 7 rings (SSSR count). The molecule has 7 aromatic rings. The Bertz CT molecular complexity index is 2580. The number of aromatic hydroxyl groups is 1. The first-order chi connectivity index (χ1) is 23.1. The molecule has 0 aliphatic carbocycles. The topological polar surface area (TPSA) is 118 Å². The molecule has 0 saturated heterocycles. The number of pyridine rings is 2. The molecule has 238 valence electrons. The summed E-state index contributed by atoms with van der Waals surface area (Å²) in [6, 6.07) is 27.0. The smallest absolute Gasteiger partial charge is 0.265 e. The van der Waals surface area contributed by atoms with Crippen molar-refractivity contribution >= 4 is 44.2 Å². The number of aromatic nitrogens is 3. The minimum Gasteiger partial charge on any atom is -0.494 e. The SMILES string of the molecule is Cc1ccn2c(/N=C/c3c(O)n(-c4cccc(S(=O)(=O)Nc5ccccc5F)c4)c(=O)c4ccccc34)c(-c3ccc(F)cc3)nc2c1. The zero-order valence-corrected chi connectivity index (χ0v) is 26.0. The number of hydrogen-bond acceptors (Lipinski definition) is 6. The Hall–Kier alpha value is -6.14. The van der Waals surface area contributed by atoms with Crippen LogP contribution in [0.5, 0.6) is 5.88 Å². The van der Waals surface area contributed by atoms with Crippen LogP contribution in [0, 0.1) is 18.6 Å². The molecule has 0 saturated carbocycles. The first-order valence-corrected chi connectivity index (χ1v) is 16.1. The second-order valence-electron chi connectivity index (χ2n) is 11.0. The fourth-order valence-corrected chi connectivity index (χ4v) is 6.56. The number of imidazole rings is 1. The number of aliphatic imine (C=N–C) groups is 1. The summed E-state index contributed by atoms with van der Waals surface area (Å²) in [6.45, 7) is 1.93. The normalized spacial score (nSPS) is 11.9. The van der Waals surface area contributed by atoms with Gasteiger partial charge in [0.25, 0.3) is 15.6 Å². The van der Waals surface area contributed by atoms with Gasteiger partial charge >= 0.3 is 0 Å². The highest BCUT2D eigenvalue weighted by Gasteiger charge is 2.21. The lowest BCUT2D eigenvalue weighted by Crippen LogP contribution is -2.21. The zero-order valence-electron chi connectivity index (χ0n) is 25.2. The molecule has 3 aromatic heterocycles. The van der Waals surface area contributed by atoms with Gasteiger partial charge in [-0.2, -0.15) is 0 Å². The summed E-state index contributed by atoms with van der Waals surface area (Å²) in [5.74, 6) is -1.26. The van der Waals surface area contributed by atoms with Crippen LogP contribution in [0.1, 0.15) is 11.1 Å². The number of halogens is 2. The number of para-hydroxylation sites is 1. The first-order valence-electron chi connectivity index (χ1n) is 14.6. The summed E-state index contributed by atoms with van der Waals surface area (Å²) >= 11 is 0. The van der Waals surface area contributed by atoms with Gasteiger partial charge in [0.15, 0.2) is 5.82 Å². The fourth-order valence-electron chi connectivity index (χ4n) is 5.45. The minimum atomic E-state index is -4.29. The third-order valence-corrected chi connectivity index (χ3v) is 9.16. The number of rotatable bonds is 7. The number of nitrogens with one attached hydrogen (secondary N) is 1. The number of hydrogen-bond donors (Lipinski definition) is 2. The third kappa shape index (κ3) is 5.47. The second kappa shape index (κ2) is 11.9. The zero-order chi connectivity index (χ0) is 33.6. The lowest BCUT2D eigenvalue weighted by atomic mass is 10.1. The van der Waals surface area contributed by atoms with Crippen LogP contribution in [0.3, 0.4) is 0 Å². The van der Waals surface area contributed by atoms with Crippen molar-refractivity contribution in [3.63, 3.8) is 0 Å². The van der Waals surface area contributed by atoms with E-state index in [1.807, 2.05) is 19.1 Å². The quantitative estimate of drug-likeness (QED) is 0.176. The van der Waals surface area contributed by atoms with E-state index in [9.17, 15) is 27.1 Å². The molecule has 0 aliphatic rings. The average molecular weight is 662 g/mol. The lowest BCUT2D eigenvalue weighted by Gasteiger charge is -2.15. The van der Waals surface area contributed by atoms with E-state index in [0.29, 0.717) is 28.1 Å². The summed E-state index contributed by atoms with van der Waals surface area (Å²) in [5, 5.41) is 12.3. The van der Waals surface area contributed by atoms with E-state index in [-0.39, 0.29) is 27.2 Å². The third-order valence-electron chi connectivity index (χ3n) is 7.80. The molecule has 0 atom stereocenters. The monoisotopic (exact) mass is 661 g/mol. The van der Waals surface area contributed by atoms with Gasteiger partial charge in [-0.25, -0.2) is 31.7 Å². The molecular formula is C36H25F2N5O4S. The molecule has 9 nitrogen and oxygen atoms in total. The molecule has 0 aliphatic heterocycles. The van der Waals surface area contributed by atoms with Crippen molar-refractivity contribution in [2.45, 2.75) is 11.8 Å². The lowest BCUT2D eigenvalue weighted by molar-refractivity contribution is 0.436. The van der Waals surface area contributed by atoms with Gasteiger partial charge in [-0.3, -0.25) is 13.9 Å². The maximum Gasteiger partial charge on any atom is 0.265 e. The summed E-state index contributed by atoms with van der Waals surface area (Å²) < 4.78 is 59.5. The molecule has 4 aromatic carbocycles. The summed E-state index contributed by atoms with van der Waals surface area (Å²) in [7, 11) is -4.29. The van der Waals surface area contributed by atoms with Gasteiger partial charge in [0.2, 0.25) is 5.88 Å². The molecule has 0 fully saturated rings. The van der Waals surface area contributed by atoms with E-state index in [2.05, 4.69) is 4.72 Å². The maximum absolute atomic E-state index is 14.3. The van der Waals surface area contributed by atoms with Crippen LogP contribution in [0.4, 0.5) is 20.3 Å². The molecular weight excluding hydrogens is 636 g/mol. The Morgan fingerprint density at radius 3 is 2.38 bits per heavy atom. The molecule has 0 radical (unpaired) electrons. The van der Waals surface area contributed by atoms with Crippen LogP contribution in [-0.4, -0.2) is 33.7 Å². The van der Waals surface area contributed by atoms with Crippen LogP contribution >= 0.6 is 0 Å². The Kier molecular flexibility index (Phi) is 7.56. The molecule has 2 N–H and O–H groups in total. The molecule has 12 heteroatoms. The summed E-state index contributed by atoms with van der Waals surface area (Å²) in [6.07, 6.45) is 3.21. The van der Waals surface area contributed by atoms with Crippen LogP contribution in [0.2, 0.25) is 0 Å². The Morgan fingerprint density at radius 1 is 0.875 bits per heavy atom. The average Bonchev–Trinajstić information content (AvgIpc) is 3.43. The van der Waals surface area contributed by atoms with E-state index in [4.69, 9.17) is 9.98 Å². The number of benzene rings is 4. The Labute approximate surface area is 272 Å². The van der Waals surface area contributed by atoms with Gasteiger partial charge in [-0.15, -0.1) is 0 Å². The van der Waals surface area contributed by atoms with Crippen molar-refractivity contribution in [2.24, 2.45) is 4.99 Å². The largest absolute Gasteiger partial charge is 0.494 e. The van der Waals surface area contributed by atoms with Crippen LogP contribution in [-0.2, 0) is 10.0 Å². The maximum atomic E-state index is 14.3. The van der Waals surface area contributed by atoms with Crippen molar-refractivity contribution in [1.82, 2.24) is 14.0 Å². The van der Waals surface area contributed by atoms with Crippen LogP contribution < -0.4 is 10.3 Å². The number of aryl methyl sites for hydroxylation is 1. The predicted octanol–water partition coefficient (Wildman–Crippen LogP) is 7.15. The van der Waals surface area contributed by atoms with Gasteiger partial charge < -0.3 is 5.11 Å². The van der Waals surface area contributed by atoms with Gasteiger partial charge in [0.05, 0.1) is 21.8 Å². The molecule has 0 unspecified atom stereocenters. The molecule has 48 heavy (non-hydrogen) atoms. The highest BCUT2D eigenvalue weighted by atomic mass is 32.2. The molecule has 0 spiro atoms. The Morgan fingerprint density at radius 2 is 1.60 bits per heavy atom. The Balaban J connectivity index is 1.39. The van der Waals surface area contributed by atoms with E-state index in [1.54, 1.807) is 47.0 Å². The standard InChI is InChI=1S/C36H25F2N5O4S/c1-22-17-18-42-32(19-22)40-33(23-13-15-24(37)16-14-23)34(42)39-21-29-27-9-2-3-10-28(27)35(44)43(36(29)45)25-7-6-8-26(20-25)48(46,47)41-31-12-5-4-11-30(31)38/h2-21,41,45H,1H3/b39-21+. The van der Waals surface area contributed by atoms with Gasteiger partial charge in [0.1, 0.15) is 23.0 Å². The number of fused-ring (bicyclic) bond motifs is 2. The van der Waals surface area contributed by atoms with E-state index >= 15 is 0 Å². The van der Waals surface area contributed by atoms with Gasteiger partial charge in [0, 0.05) is 28.7 Å². The van der Waals surface area contributed by atoms with Crippen LogP contribution in [0.25, 0.3) is 33.4 Å². The van der Waals surface area contributed by atoms with Gasteiger partial charge in [-0.1, -0.05) is 36.4 Å². The molecule has 0 bridgehead atoms. The van der Waals surface area contributed by atoms with E-state index in [0.717, 1.165) is 16.2 Å². The number of nitrogens with zero attached hydrogens (tertiary/aromatic N) is 4. The van der Waals surface area contributed by atoms with Crippen molar-refractivity contribution < 1.29 is 22.3 Å². The summed E-state index contributed by atoms with van der Waals surface area (Å²) in [5.41, 5.74) is 2.03. The predicted molar refractivity (Wildman–Crippen MR) is 181 cm³/mol. The molecule has 0 amide bonds. The second-order valence-corrected chi connectivity index (χ2v) is 12.7. The minimum absolute atomic E-state index is 0.0478. The van der Waals surface area contributed by atoms with Crippen molar-refractivity contribution in [3.05, 3.63) is 149 Å². The highest BCUT2D eigenvalue weighted by Crippen LogP contribution is 2.33. The van der Waals surface area contributed by atoms with Crippen molar-refractivity contribution in [3.8, 4) is 22.8 Å². The van der Waals surface area contributed by atoms with Crippen molar-refractivity contribution in [2.75, 3.05) is 4.72 Å². The van der Waals surface area contributed by atoms with Gasteiger partial charge in [-0.05, 0) is 85.3 Å². The number of sulfonamides is 1. The first kappa shape index (κ1) is 30.5. The highest BCUT2D eigenvalue weighted by molar-refractivity contribution is 7.92. The van der Waals surface area contributed by atoms with Crippen molar-refractivity contribution in [1.29, 1.82) is 0 Å². The number of anilines is 1. The summed E-state index contributed by atoms with van der Waals surface area (Å²) in [4.78, 5) is 23.0. The fraction of sp³-hybridized carbons (Fsp3) is 0.0278. The molecule has 3 heterocycles. The van der Waals surface area contributed by atoms with Crippen LogP contribution in [0.15, 0.2) is 130 Å². The van der Waals surface area contributed by atoms with E-state index in [1.165, 1.54) is 60.8 Å².